The number of benzene rings is 2. The molecule has 0 fully saturated rings. The van der Waals surface area contributed by atoms with Crippen molar-refractivity contribution in [1.82, 2.24) is 9.97 Å². The molecule has 0 bridgehead atoms. The van der Waals surface area contributed by atoms with E-state index < -0.39 is 5.82 Å². The van der Waals surface area contributed by atoms with Gasteiger partial charge in [-0.15, -0.1) is 0 Å². The first-order chi connectivity index (χ1) is 15.5. The maximum Gasteiger partial charge on any atom is 0.248 e. The van der Waals surface area contributed by atoms with Gasteiger partial charge in [-0.3, -0.25) is 9.78 Å². The highest BCUT2D eigenvalue weighted by molar-refractivity contribution is 6.02. The zero-order chi connectivity index (χ0) is 22.5. The summed E-state index contributed by atoms with van der Waals surface area (Å²) in [5.41, 5.74) is 2.70. The minimum atomic E-state index is -0.541. The van der Waals surface area contributed by atoms with E-state index in [0.717, 1.165) is 17.0 Å². The third kappa shape index (κ3) is 5.07. The van der Waals surface area contributed by atoms with Gasteiger partial charge in [0.1, 0.15) is 11.5 Å². The standard InChI is InChI=1S/C25H20FN3O3/c1-16-17(2)31-25(28-16)19-5-3-6-20(14-19)29-24(30)11-9-18-8-10-23(22(26)13-18)32-21-7-4-12-27-15-21/h3-15H,1-2H3,(H,29,30)/b11-9+. The SMILES string of the molecule is Cc1nc(-c2cccc(NC(=O)/C=C/c3ccc(Oc4cccnc4)c(F)c3)c2)oc1C. The molecule has 0 saturated heterocycles. The number of halogens is 1. The summed E-state index contributed by atoms with van der Waals surface area (Å²) in [7, 11) is 0. The monoisotopic (exact) mass is 429 g/mol. The van der Waals surface area contributed by atoms with Crippen LogP contribution in [0.5, 0.6) is 11.5 Å². The van der Waals surface area contributed by atoms with Gasteiger partial charge < -0.3 is 14.5 Å². The Morgan fingerprint density at radius 1 is 1.12 bits per heavy atom. The molecule has 4 aromatic rings. The maximum atomic E-state index is 14.3. The molecule has 7 heteroatoms. The van der Waals surface area contributed by atoms with E-state index in [9.17, 15) is 9.18 Å². The maximum absolute atomic E-state index is 14.3. The number of oxazole rings is 1. The third-order valence-corrected chi connectivity index (χ3v) is 4.65. The average Bonchev–Trinajstić information content (AvgIpc) is 3.13. The summed E-state index contributed by atoms with van der Waals surface area (Å²) in [5, 5.41) is 2.78. The Balaban J connectivity index is 1.41. The van der Waals surface area contributed by atoms with Crippen LogP contribution in [-0.4, -0.2) is 15.9 Å². The van der Waals surface area contributed by atoms with Crippen molar-refractivity contribution in [2.75, 3.05) is 5.32 Å². The molecule has 2 aromatic heterocycles. The lowest BCUT2D eigenvalue weighted by Crippen LogP contribution is -2.07. The van der Waals surface area contributed by atoms with Crippen molar-refractivity contribution in [1.29, 1.82) is 0 Å². The van der Waals surface area contributed by atoms with Crippen molar-refractivity contribution in [2.24, 2.45) is 0 Å². The fourth-order valence-electron chi connectivity index (χ4n) is 2.92. The fraction of sp³-hybridized carbons (Fsp3) is 0.0800. The highest BCUT2D eigenvalue weighted by Crippen LogP contribution is 2.26. The number of aryl methyl sites for hydroxylation is 2. The number of pyridine rings is 1. The summed E-state index contributed by atoms with van der Waals surface area (Å²) >= 11 is 0. The molecule has 32 heavy (non-hydrogen) atoms. The molecule has 0 saturated carbocycles. The predicted molar refractivity (Wildman–Crippen MR) is 120 cm³/mol. The highest BCUT2D eigenvalue weighted by Gasteiger charge is 2.09. The van der Waals surface area contributed by atoms with Gasteiger partial charge in [0.25, 0.3) is 0 Å². The number of rotatable bonds is 6. The van der Waals surface area contributed by atoms with Crippen molar-refractivity contribution in [3.05, 3.63) is 95.9 Å². The number of nitrogens with zero attached hydrogens (tertiary/aromatic N) is 2. The second-order valence-corrected chi connectivity index (χ2v) is 7.04. The molecule has 0 unspecified atom stereocenters. The minimum Gasteiger partial charge on any atom is -0.453 e. The van der Waals surface area contributed by atoms with E-state index in [0.29, 0.717) is 22.9 Å². The van der Waals surface area contributed by atoms with Crippen molar-refractivity contribution in [3.8, 4) is 23.0 Å². The van der Waals surface area contributed by atoms with E-state index in [2.05, 4.69) is 15.3 Å². The molecule has 2 heterocycles. The first-order valence-electron chi connectivity index (χ1n) is 9.89. The van der Waals surface area contributed by atoms with E-state index in [4.69, 9.17) is 9.15 Å². The van der Waals surface area contributed by atoms with Crippen molar-refractivity contribution in [3.63, 3.8) is 0 Å². The lowest BCUT2D eigenvalue weighted by molar-refractivity contribution is -0.111. The summed E-state index contributed by atoms with van der Waals surface area (Å²) in [6.45, 7) is 3.72. The van der Waals surface area contributed by atoms with Crippen LogP contribution in [-0.2, 0) is 4.79 Å². The van der Waals surface area contributed by atoms with Crippen LogP contribution in [0.3, 0.4) is 0 Å². The van der Waals surface area contributed by atoms with Crippen LogP contribution in [0.25, 0.3) is 17.5 Å². The molecule has 4 rings (SSSR count). The zero-order valence-electron chi connectivity index (χ0n) is 17.5. The van der Waals surface area contributed by atoms with E-state index in [1.165, 1.54) is 30.5 Å². The Kier molecular flexibility index (Phi) is 6.07. The van der Waals surface area contributed by atoms with Crippen LogP contribution in [0.4, 0.5) is 10.1 Å². The van der Waals surface area contributed by atoms with E-state index >= 15 is 0 Å². The van der Waals surface area contributed by atoms with Crippen molar-refractivity contribution < 1.29 is 18.3 Å². The fourth-order valence-corrected chi connectivity index (χ4v) is 2.92. The summed E-state index contributed by atoms with van der Waals surface area (Å²) < 4.78 is 25.5. The molecule has 0 atom stereocenters. The van der Waals surface area contributed by atoms with Crippen LogP contribution in [0.2, 0.25) is 0 Å². The molecular weight excluding hydrogens is 409 g/mol. The molecule has 0 spiro atoms. The minimum absolute atomic E-state index is 0.0772. The molecule has 6 nitrogen and oxygen atoms in total. The first kappa shape index (κ1) is 21.0. The Bertz CT molecular complexity index is 1260. The average molecular weight is 429 g/mol. The largest absolute Gasteiger partial charge is 0.453 e. The van der Waals surface area contributed by atoms with Gasteiger partial charge in [-0.2, -0.15) is 0 Å². The van der Waals surface area contributed by atoms with E-state index in [1.807, 2.05) is 19.9 Å². The second kappa shape index (κ2) is 9.26. The molecule has 0 aliphatic rings. The van der Waals surface area contributed by atoms with Gasteiger partial charge in [-0.1, -0.05) is 12.1 Å². The molecule has 1 N–H and O–H groups in total. The number of carbonyl (C=O) groups excluding carboxylic acids is 1. The van der Waals surface area contributed by atoms with Gasteiger partial charge in [0.2, 0.25) is 11.8 Å². The van der Waals surface area contributed by atoms with Gasteiger partial charge in [0.05, 0.1) is 11.9 Å². The molecular formula is C25H20FN3O3. The number of amides is 1. The van der Waals surface area contributed by atoms with Gasteiger partial charge in [0.15, 0.2) is 11.6 Å². The predicted octanol–water partition coefficient (Wildman–Crippen LogP) is 5.94. The summed E-state index contributed by atoms with van der Waals surface area (Å²) in [4.78, 5) is 20.6. The number of ether oxygens (including phenoxy) is 1. The summed E-state index contributed by atoms with van der Waals surface area (Å²) in [6.07, 6.45) is 5.96. The molecule has 0 radical (unpaired) electrons. The van der Waals surface area contributed by atoms with Crippen LogP contribution >= 0.6 is 0 Å². The van der Waals surface area contributed by atoms with Crippen molar-refractivity contribution >= 4 is 17.7 Å². The summed E-state index contributed by atoms with van der Waals surface area (Å²) in [5.74, 6) is 0.871. The first-order valence-corrected chi connectivity index (χ1v) is 9.89. The zero-order valence-corrected chi connectivity index (χ0v) is 17.5. The third-order valence-electron chi connectivity index (χ3n) is 4.65. The molecule has 0 aliphatic carbocycles. The smallest absolute Gasteiger partial charge is 0.248 e. The van der Waals surface area contributed by atoms with Crippen molar-refractivity contribution in [2.45, 2.75) is 13.8 Å². The Morgan fingerprint density at radius 3 is 2.72 bits per heavy atom. The Labute approximate surface area is 184 Å². The number of hydrogen-bond donors (Lipinski definition) is 1. The Morgan fingerprint density at radius 2 is 2.00 bits per heavy atom. The summed E-state index contributed by atoms with van der Waals surface area (Å²) in [6, 6.07) is 15.0. The van der Waals surface area contributed by atoms with Crippen LogP contribution in [0, 0.1) is 19.7 Å². The van der Waals surface area contributed by atoms with Crippen LogP contribution < -0.4 is 10.1 Å². The van der Waals surface area contributed by atoms with Crippen LogP contribution in [0.15, 0.2) is 77.5 Å². The van der Waals surface area contributed by atoms with Crippen LogP contribution in [0.1, 0.15) is 17.0 Å². The number of aromatic nitrogens is 2. The second-order valence-electron chi connectivity index (χ2n) is 7.04. The van der Waals surface area contributed by atoms with Gasteiger partial charge in [0, 0.05) is 23.5 Å². The van der Waals surface area contributed by atoms with E-state index in [1.54, 1.807) is 42.6 Å². The highest BCUT2D eigenvalue weighted by atomic mass is 19.1. The molecule has 0 aliphatic heterocycles. The lowest BCUT2D eigenvalue weighted by atomic mass is 10.2. The molecule has 2 aromatic carbocycles. The number of anilines is 1. The number of carbonyl (C=O) groups is 1. The molecule has 1 amide bonds. The normalized spacial score (nSPS) is 11.0. The number of nitrogens with one attached hydrogen (secondary N) is 1. The lowest BCUT2D eigenvalue weighted by Gasteiger charge is -2.07. The Hall–Kier alpha value is -4.26. The van der Waals surface area contributed by atoms with Gasteiger partial charge in [-0.05, 0) is 68.0 Å². The topological polar surface area (TPSA) is 77.2 Å². The number of hydrogen-bond acceptors (Lipinski definition) is 5. The van der Waals surface area contributed by atoms with Gasteiger partial charge >= 0.3 is 0 Å². The van der Waals surface area contributed by atoms with E-state index in [-0.39, 0.29) is 11.7 Å². The molecule has 160 valence electrons. The van der Waals surface area contributed by atoms with Gasteiger partial charge in [-0.25, -0.2) is 9.37 Å². The quantitative estimate of drug-likeness (QED) is 0.384.